The van der Waals surface area contributed by atoms with Crippen molar-refractivity contribution in [3.63, 3.8) is 0 Å². The number of amides is 2. The molecule has 2 amide bonds. The number of hydrogen-bond donors (Lipinski definition) is 1. The number of aryl methyl sites for hydroxylation is 3. The molecule has 2 heterocycles. The molecule has 1 N–H and O–H groups in total. The molecular weight excluding hydrogens is 446 g/mol. The van der Waals surface area contributed by atoms with Gasteiger partial charge in [-0.05, 0) is 68.9 Å². The van der Waals surface area contributed by atoms with Crippen molar-refractivity contribution in [3.05, 3.63) is 69.9 Å². The summed E-state index contributed by atoms with van der Waals surface area (Å²) in [4.78, 5) is 34.1. The fourth-order valence-corrected chi connectivity index (χ4v) is 5.97. The standard InChI is InChI=1S/C27H29N3O3S/c1-15-6-5-7-18(10-15)25-24(29-17(3)34-25)27(32)30-21(12-20-13-22(20)30)14-28-26(31)19-8-9-23(33-4)16(2)11-19/h5-11,20-22H,12-14H2,1-4H3,(H,28,31)/t20-,21+,22?/m1/s1. The van der Waals surface area contributed by atoms with Crippen LogP contribution in [0.5, 0.6) is 5.75 Å². The van der Waals surface area contributed by atoms with Crippen LogP contribution in [-0.2, 0) is 0 Å². The Morgan fingerprint density at radius 1 is 1.15 bits per heavy atom. The maximum atomic E-state index is 13.8. The third-order valence-electron chi connectivity index (χ3n) is 6.82. The van der Waals surface area contributed by atoms with Crippen molar-refractivity contribution >= 4 is 23.2 Å². The van der Waals surface area contributed by atoms with Gasteiger partial charge < -0.3 is 15.0 Å². The van der Waals surface area contributed by atoms with Crippen molar-refractivity contribution in [2.24, 2.45) is 5.92 Å². The molecule has 2 fully saturated rings. The highest BCUT2D eigenvalue weighted by atomic mass is 32.1. The molecule has 2 aromatic carbocycles. The Bertz CT molecular complexity index is 1270. The fourth-order valence-electron chi connectivity index (χ4n) is 5.07. The summed E-state index contributed by atoms with van der Waals surface area (Å²) in [6.45, 7) is 6.35. The number of benzene rings is 2. The summed E-state index contributed by atoms with van der Waals surface area (Å²) in [7, 11) is 1.62. The monoisotopic (exact) mass is 475 g/mol. The van der Waals surface area contributed by atoms with Crippen molar-refractivity contribution in [1.82, 2.24) is 15.2 Å². The van der Waals surface area contributed by atoms with E-state index < -0.39 is 0 Å². The first-order valence-electron chi connectivity index (χ1n) is 11.7. The van der Waals surface area contributed by atoms with Gasteiger partial charge in [-0.25, -0.2) is 4.98 Å². The first-order chi connectivity index (χ1) is 16.4. The zero-order valence-corrected chi connectivity index (χ0v) is 20.7. The number of thiazole rings is 1. The third-order valence-corrected chi connectivity index (χ3v) is 7.84. The number of likely N-dealkylation sites (tertiary alicyclic amines) is 1. The molecule has 3 aromatic rings. The van der Waals surface area contributed by atoms with Crippen LogP contribution in [0.25, 0.3) is 10.4 Å². The minimum Gasteiger partial charge on any atom is -0.496 e. The van der Waals surface area contributed by atoms with Gasteiger partial charge in [-0.3, -0.25) is 9.59 Å². The lowest BCUT2D eigenvalue weighted by Crippen LogP contribution is -2.45. The maximum Gasteiger partial charge on any atom is 0.274 e. The lowest BCUT2D eigenvalue weighted by Gasteiger charge is -2.27. The number of ether oxygens (including phenoxy) is 1. The predicted molar refractivity (Wildman–Crippen MR) is 134 cm³/mol. The van der Waals surface area contributed by atoms with Crippen molar-refractivity contribution in [2.75, 3.05) is 13.7 Å². The normalized spacial score (nSPS) is 20.7. The van der Waals surface area contributed by atoms with E-state index in [1.54, 1.807) is 24.5 Å². The second kappa shape index (κ2) is 8.87. The van der Waals surface area contributed by atoms with Crippen LogP contribution in [0.15, 0.2) is 42.5 Å². The second-order valence-corrected chi connectivity index (χ2v) is 10.5. The molecule has 1 saturated heterocycles. The van der Waals surface area contributed by atoms with Crippen molar-refractivity contribution in [1.29, 1.82) is 0 Å². The van der Waals surface area contributed by atoms with Crippen LogP contribution in [0.3, 0.4) is 0 Å². The largest absolute Gasteiger partial charge is 0.496 e. The number of methoxy groups -OCH3 is 1. The summed E-state index contributed by atoms with van der Waals surface area (Å²) < 4.78 is 5.29. The van der Waals surface area contributed by atoms with Crippen molar-refractivity contribution in [2.45, 2.75) is 45.7 Å². The number of nitrogens with one attached hydrogen (secondary N) is 1. The van der Waals surface area contributed by atoms with E-state index in [0.717, 1.165) is 45.2 Å². The summed E-state index contributed by atoms with van der Waals surface area (Å²) in [5.74, 6) is 1.12. The van der Waals surface area contributed by atoms with Crippen LogP contribution in [0.4, 0.5) is 0 Å². The lowest BCUT2D eigenvalue weighted by atomic mass is 10.1. The molecule has 7 heteroatoms. The molecule has 0 radical (unpaired) electrons. The molecule has 2 aliphatic rings. The van der Waals surface area contributed by atoms with Gasteiger partial charge in [0, 0.05) is 18.2 Å². The smallest absolute Gasteiger partial charge is 0.274 e. The molecule has 1 aromatic heterocycles. The number of fused-ring (bicyclic) bond motifs is 1. The highest BCUT2D eigenvalue weighted by molar-refractivity contribution is 7.15. The predicted octanol–water partition coefficient (Wildman–Crippen LogP) is 4.78. The molecule has 1 aliphatic heterocycles. The van der Waals surface area contributed by atoms with Gasteiger partial charge in [-0.2, -0.15) is 0 Å². The summed E-state index contributed by atoms with van der Waals surface area (Å²) >= 11 is 1.56. The molecular formula is C27H29N3O3S. The van der Waals surface area contributed by atoms with Gasteiger partial charge >= 0.3 is 0 Å². The van der Waals surface area contributed by atoms with E-state index in [0.29, 0.717) is 23.7 Å². The molecule has 34 heavy (non-hydrogen) atoms. The molecule has 3 atom stereocenters. The van der Waals surface area contributed by atoms with E-state index in [-0.39, 0.29) is 23.9 Å². The highest BCUT2D eigenvalue weighted by Crippen LogP contribution is 2.48. The van der Waals surface area contributed by atoms with E-state index in [4.69, 9.17) is 4.74 Å². The third kappa shape index (κ3) is 4.20. The summed E-state index contributed by atoms with van der Waals surface area (Å²) in [6, 6.07) is 13.8. The number of rotatable bonds is 6. The quantitative estimate of drug-likeness (QED) is 0.557. The van der Waals surface area contributed by atoms with Crippen LogP contribution in [-0.4, -0.2) is 47.4 Å². The SMILES string of the molecule is COc1ccc(C(=O)NC[C@@H]2C[C@@H]3CC3N2C(=O)c2nc(C)sc2-c2cccc(C)c2)cc1C. The zero-order valence-electron chi connectivity index (χ0n) is 19.9. The van der Waals surface area contributed by atoms with E-state index in [2.05, 4.69) is 29.4 Å². The molecule has 1 aliphatic carbocycles. The Kier molecular flexibility index (Phi) is 5.90. The van der Waals surface area contributed by atoms with Crippen LogP contribution < -0.4 is 10.1 Å². The van der Waals surface area contributed by atoms with Crippen LogP contribution >= 0.6 is 11.3 Å². The topological polar surface area (TPSA) is 71.5 Å². The Labute approximate surface area is 204 Å². The molecule has 5 rings (SSSR count). The van der Waals surface area contributed by atoms with E-state index >= 15 is 0 Å². The van der Waals surface area contributed by atoms with E-state index in [1.165, 1.54) is 0 Å². The van der Waals surface area contributed by atoms with Crippen LogP contribution in [0, 0.1) is 26.7 Å². The molecule has 1 saturated carbocycles. The Morgan fingerprint density at radius 3 is 2.71 bits per heavy atom. The van der Waals surface area contributed by atoms with Gasteiger partial charge in [0.15, 0.2) is 0 Å². The summed E-state index contributed by atoms with van der Waals surface area (Å²) in [5.41, 5.74) is 4.22. The van der Waals surface area contributed by atoms with Crippen LogP contribution in [0.2, 0.25) is 0 Å². The van der Waals surface area contributed by atoms with Gasteiger partial charge in [-0.15, -0.1) is 11.3 Å². The van der Waals surface area contributed by atoms with Gasteiger partial charge in [0.2, 0.25) is 0 Å². The number of carbonyl (C=O) groups is 2. The van der Waals surface area contributed by atoms with E-state index in [1.807, 2.05) is 43.0 Å². The number of aromatic nitrogens is 1. The molecule has 0 bridgehead atoms. The first kappa shape index (κ1) is 22.6. The fraction of sp³-hybridized carbons (Fsp3) is 0.370. The minimum absolute atomic E-state index is 0.0214. The Hall–Kier alpha value is -3.19. The minimum atomic E-state index is -0.135. The van der Waals surface area contributed by atoms with E-state index in [9.17, 15) is 9.59 Å². The van der Waals surface area contributed by atoms with Gasteiger partial charge in [0.05, 0.1) is 23.0 Å². The first-order valence-corrected chi connectivity index (χ1v) is 12.5. The second-order valence-electron chi connectivity index (χ2n) is 9.34. The molecule has 1 unspecified atom stereocenters. The number of hydrogen-bond acceptors (Lipinski definition) is 5. The lowest BCUT2D eigenvalue weighted by molar-refractivity contribution is 0.0684. The average Bonchev–Trinajstić information content (AvgIpc) is 3.30. The van der Waals surface area contributed by atoms with Crippen LogP contribution in [0.1, 0.15) is 49.8 Å². The maximum absolute atomic E-state index is 13.8. The van der Waals surface area contributed by atoms with Crippen molar-refractivity contribution < 1.29 is 14.3 Å². The number of piperidine rings is 1. The molecule has 6 nitrogen and oxygen atoms in total. The van der Waals surface area contributed by atoms with Gasteiger partial charge in [0.25, 0.3) is 11.8 Å². The van der Waals surface area contributed by atoms with Gasteiger partial charge in [-0.1, -0.05) is 29.8 Å². The zero-order chi connectivity index (χ0) is 24.0. The summed E-state index contributed by atoms with van der Waals surface area (Å²) in [6.07, 6.45) is 1.96. The molecule has 176 valence electrons. The Balaban J connectivity index is 1.34. The molecule has 0 spiro atoms. The highest BCUT2D eigenvalue weighted by Gasteiger charge is 2.54. The average molecular weight is 476 g/mol. The van der Waals surface area contributed by atoms with Gasteiger partial charge in [0.1, 0.15) is 11.4 Å². The number of nitrogens with zero attached hydrogens (tertiary/aromatic N) is 2. The summed E-state index contributed by atoms with van der Waals surface area (Å²) in [5, 5.41) is 3.93. The number of carbonyl (C=O) groups excluding carboxylic acids is 2. The Morgan fingerprint density at radius 2 is 1.97 bits per heavy atom. The van der Waals surface area contributed by atoms with Crippen molar-refractivity contribution in [3.8, 4) is 16.2 Å².